The molecule has 0 bridgehead atoms. The second-order valence-electron chi connectivity index (χ2n) is 6.40. The van der Waals surface area contributed by atoms with Gasteiger partial charge in [0.05, 0.1) is 17.4 Å². The summed E-state index contributed by atoms with van der Waals surface area (Å²) >= 11 is 0. The molecule has 0 fully saturated rings. The van der Waals surface area contributed by atoms with Gasteiger partial charge in [0.15, 0.2) is 5.69 Å². The Morgan fingerprint density at radius 2 is 2.00 bits per heavy atom. The predicted molar refractivity (Wildman–Crippen MR) is 106 cm³/mol. The van der Waals surface area contributed by atoms with Crippen LogP contribution in [0.3, 0.4) is 0 Å². The maximum absolute atomic E-state index is 12.4. The number of amides is 1. The van der Waals surface area contributed by atoms with Crippen molar-refractivity contribution >= 4 is 11.7 Å². The number of hydrogen-bond acceptors (Lipinski definition) is 5. The molecular weight excluding hydrogens is 354 g/mol. The number of nitrogens with zero attached hydrogens (tertiary/aromatic N) is 3. The highest BCUT2D eigenvalue weighted by Gasteiger charge is 2.18. The van der Waals surface area contributed by atoms with Gasteiger partial charge in [0.25, 0.3) is 5.91 Å². The van der Waals surface area contributed by atoms with Crippen molar-refractivity contribution in [3.05, 3.63) is 83.9 Å². The molecule has 2 aromatic heterocycles. The highest BCUT2D eigenvalue weighted by atomic mass is 16.3. The molecule has 0 atom stereocenters. The van der Waals surface area contributed by atoms with Crippen molar-refractivity contribution in [2.75, 3.05) is 5.73 Å². The van der Waals surface area contributed by atoms with Crippen LogP contribution in [0.2, 0.25) is 0 Å². The van der Waals surface area contributed by atoms with Crippen LogP contribution in [-0.4, -0.2) is 20.7 Å². The normalized spacial score (nSPS) is 10.8. The van der Waals surface area contributed by atoms with Crippen molar-refractivity contribution < 1.29 is 9.21 Å². The number of carbonyl (C=O) groups excluding carboxylic acids is 1. The van der Waals surface area contributed by atoms with Crippen LogP contribution >= 0.6 is 0 Å². The number of nitrogen functional groups attached to an aromatic ring is 1. The van der Waals surface area contributed by atoms with Gasteiger partial charge in [-0.25, -0.2) is 9.67 Å². The van der Waals surface area contributed by atoms with Gasteiger partial charge < -0.3 is 15.5 Å². The lowest BCUT2D eigenvalue weighted by molar-refractivity contribution is 0.0946. The second kappa shape index (κ2) is 7.40. The molecule has 7 heteroatoms. The first-order valence-electron chi connectivity index (χ1n) is 8.80. The number of aromatic nitrogens is 3. The quantitative estimate of drug-likeness (QED) is 0.559. The summed E-state index contributed by atoms with van der Waals surface area (Å²) in [5.41, 5.74) is 9.91. The van der Waals surface area contributed by atoms with Crippen LogP contribution in [0, 0.1) is 6.92 Å². The van der Waals surface area contributed by atoms with Gasteiger partial charge in [-0.15, -0.1) is 0 Å². The van der Waals surface area contributed by atoms with Gasteiger partial charge in [0, 0.05) is 6.54 Å². The molecule has 0 unspecified atom stereocenters. The van der Waals surface area contributed by atoms with Crippen molar-refractivity contribution in [2.45, 2.75) is 13.5 Å². The van der Waals surface area contributed by atoms with Gasteiger partial charge in [-0.05, 0) is 24.6 Å². The summed E-state index contributed by atoms with van der Waals surface area (Å²) in [5.74, 6) is 0.325. The number of nitrogens with two attached hydrogens (primary N) is 1. The number of para-hydroxylation sites is 1. The van der Waals surface area contributed by atoms with Gasteiger partial charge in [0.1, 0.15) is 12.1 Å². The molecule has 0 aliphatic rings. The highest BCUT2D eigenvalue weighted by Crippen LogP contribution is 2.27. The first-order valence-corrected chi connectivity index (χ1v) is 8.80. The molecule has 3 N–H and O–H groups in total. The van der Waals surface area contributed by atoms with E-state index in [1.165, 1.54) is 6.26 Å². The fourth-order valence-corrected chi connectivity index (χ4v) is 2.89. The lowest BCUT2D eigenvalue weighted by atomic mass is 10.1. The van der Waals surface area contributed by atoms with Gasteiger partial charge in [-0.3, -0.25) is 4.79 Å². The summed E-state index contributed by atoms with van der Waals surface area (Å²) in [6.07, 6.45) is 2.89. The van der Waals surface area contributed by atoms with Crippen LogP contribution in [0.5, 0.6) is 0 Å². The van der Waals surface area contributed by atoms with Crippen molar-refractivity contribution in [3.63, 3.8) is 0 Å². The molecule has 0 saturated carbocycles. The average Bonchev–Trinajstić information content (AvgIpc) is 3.33. The van der Waals surface area contributed by atoms with Crippen molar-refractivity contribution in [3.8, 4) is 17.1 Å². The molecule has 2 heterocycles. The Labute approximate surface area is 161 Å². The fraction of sp³-hybridized carbons (Fsp3) is 0.0952. The highest BCUT2D eigenvalue weighted by molar-refractivity contribution is 5.92. The second-order valence-corrected chi connectivity index (χ2v) is 6.40. The number of anilines is 1. The number of aryl methyl sites for hydroxylation is 1. The summed E-state index contributed by atoms with van der Waals surface area (Å²) in [6, 6.07) is 17.5. The zero-order valence-corrected chi connectivity index (χ0v) is 15.3. The minimum absolute atomic E-state index is 0.189. The molecule has 1 amide bonds. The van der Waals surface area contributed by atoms with Crippen LogP contribution in [0.1, 0.15) is 21.6 Å². The molecule has 7 nitrogen and oxygen atoms in total. The van der Waals surface area contributed by atoms with E-state index in [9.17, 15) is 4.79 Å². The minimum Gasteiger partial charge on any atom is -0.443 e. The van der Waals surface area contributed by atoms with Crippen LogP contribution in [-0.2, 0) is 6.54 Å². The molecule has 0 radical (unpaired) electrons. The van der Waals surface area contributed by atoms with Crippen molar-refractivity contribution in [2.24, 2.45) is 0 Å². The topological polar surface area (TPSA) is 99.0 Å². The lowest BCUT2D eigenvalue weighted by Crippen LogP contribution is -2.23. The summed E-state index contributed by atoms with van der Waals surface area (Å²) in [6.45, 7) is 2.42. The third kappa shape index (κ3) is 3.50. The maximum atomic E-state index is 12.4. The van der Waals surface area contributed by atoms with Crippen LogP contribution in [0.15, 0.2) is 71.5 Å². The molecule has 4 rings (SSSR count). The first-order chi connectivity index (χ1) is 13.6. The zero-order valence-electron chi connectivity index (χ0n) is 15.3. The zero-order chi connectivity index (χ0) is 19.5. The minimum atomic E-state index is -0.314. The SMILES string of the molecule is Cc1cccc(CNC(=O)c2coc(-c3cnn(-c4ccccc4)c3N)n2)c1. The van der Waals surface area contributed by atoms with E-state index in [-0.39, 0.29) is 17.5 Å². The lowest BCUT2D eigenvalue weighted by Gasteiger charge is -2.04. The third-order valence-corrected chi connectivity index (χ3v) is 4.31. The molecule has 0 aliphatic heterocycles. The number of nitrogens with one attached hydrogen (secondary N) is 1. The van der Waals surface area contributed by atoms with Crippen LogP contribution in [0.25, 0.3) is 17.1 Å². The van der Waals surface area contributed by atoms with E-state index in [1.807, 2.05) is 61.5 Å². The van der Waals surface area contributed by atoms with E-state index in [1.54, 1.807) is 10.9 Å². The Kier molecular flexibility index (Phi) is 4.63. The number of hydrogen-bond donors (Lipinski definition) is 2. The summed E-state index contributed by atoms with van der Waals surface area (Å²) in [5, 5.41) is 7.13. The number of oxazole rings is 1. The molecule has 0 spiro atoms. The summed E-state index contributed by atoms with van der Waals surface area (Å²) < 4.78 is 7.06. The van der Waals surface area contributed by atoms with E-state index in [0.717, 1.165) is 16.8 Å². The third-order valence-electron chi connectivity index (χ3n) is 4.31. The first kappa shape index (κ1) is 17.5. The maximum Gasteiger partial charge on any atom is 0.273 e. The number of carbonyl (C=O) groups is 1. The fourth-order valence-electron chi connectivity index (χ4n) is 2.89. The molecular formula is C21H19N5O2. The molecule has 0 saturated heterocycles. The van der Waals surface area contributed by atoms with Crippen LogP contribution in [0.4, 0.5) is 5.82 Å². The predicted octanol–water partition coefficient (Wildman–Crippen LogP) is 3.35. The van der Waals surface area contributed by atoms with E-state index in [2.05, 4.69) is 15.4 Å². The van der Waals surface area contributed by atoms with Gasteiger partial charge in [-0.1, -0.05) is 48.0 Å². The van der Waals surface area contributed by atoms with E-state index in [0.29, 0.717) is 17.9 Å². The van der Waals surface area contributed by atoms with E-state index >= 15 is 0 Å². The molecule has 2 aromatic carbocycles. The molecule has 140 valence electrons. The molecule has 0 aliphatic carbocycles. The van der Waals surface area contributed by atoms with Gasteiger partial charge in [0.2, 0.25) is 5.89 Å². The van der Waals surface area contributed by atoms with Crippen molar-refractivity contribution in [1.82, 2.24) is 20.1 Å². The number of rotatable bonds is 5. The standard InChI is InChI=1S/C21H19N5O2/c1-14-6-5-7-15(10-14)11-23-20(27)18-13-28-21(25-18)17-12-24-26(19(17)22)16-8-3-2-4-9-16/h2-10,12-13H,11,22H2,1H3,(H,23,27). The Morgan fingerprint density at radius 3 is 2.79 bits per heavy atom. The van der Waals surface area contributed by atoms with E-state index < -0.39 is 0 Å². The summed E-state index contributed by atoms with van der Waals surface area (Å²) in [4.78, 5) is 16.6. The van der Waals surface area contributed by atoms with E-state index in [4.69, 9.17) is 10.2 Å². The number of benzene rings is 2. The van der Waals surface area contributed by atoms with Crippen LogP contribution < -0.4 is 11.1 Å². The average molecular weight is 373 g/mol. The smallest absolute Gasteiger partial charge is 0.273 e. The Hall–Kier alpha value is -3.87. The van der Waals surface area contributed by atoms with Gasteiger partial charge >= 0.3 is 0 Å². The largest absolute Gasteiger partial charge is 0.443 e. The van der Waals surface area contributed by atoms with Crippen molar-refractivity contribution in [1.29, 1.82) is 0 Å². The van der Waals surface area contributed by atoms with Gasteiger partial charge in [-0.2, -0.15) is 5.10 Å². The monoisotopic (exact) mass is 373 g/mol. The Morgan fingerprint density at radius 1 is 1.18 bits per heavy atom. The molecule has 28 heavy (non-hydrogen) atoms. The Bertz CT molecular complexity index is 1110. The summed E-state index contributed by atoms with van der Waals surface area (Å²) in [7, 11) is 0. The Balaban J connectivity index is 1.50. The molecule has 4 aromatic rings.